The highest BCUT2D eigenvalue weighted by atomic mass is 16.5. The Labute approximate surface area is 97.4 Å². The largest absolute Gasteiger partial charge is 0.382 e. The summed E-state index contributed by atoms with van der Waals surface area (Å²) in [6, 6.07) is 0. The Balaban J connectivity index is 3.01. The van der Waals surface area contributed by atoms with Crippen molar-refractivity contribution in [3.8, 4) is 0 Å². The number of carbonyl (C=O) groups is 1. The molecule has 16 heavy (non-hydrogen) atoms. The fourth-order valence-electron chi connectivity index (χ4n) is 1.04. The summed E-state index contributed by atoms with van der Waals surface area (Å²) >= 11 is 0. The van der Waals surface area contributed by atoms with Gasteiger partial charge in [-0.2, -0.15) is 0 Å². The highest BCUT2D eigenvalue weighted by Gasteiger charge is 1.97. The van der Waals surface area contributed by atoms with Crippen LogP contribution in [0.15, 0.2) is 0 Å². The molecule has 5 heteroatoms. The van der Waals surface area contributed by atoms with Crippen LogP contribution in [-0.2, 0) is 19.0 Å². The molecule has 0 unspecified atom stereocenters. The van der Waals surface area contributed by atoms with Crippen LogP contribution >= 0.6 is 0 Å². The molecule has 5 nitrogen and oxygen atoms in total. The van der Waals surface area contributed by atoms with Crippen molar-refractivity contribution in [3.63, 3.8) is 0 Å². The Morgan fingerprint density at radius 1 is 1.06 bits per heavy atom. The van der Waals surface area contributed by atoms with Gasteiger partial charge in [-0.05, 0) is 6.42 Å². The van der Waals surface area contributed by atoms with E-state index in [2.05, 4.69) is 5.32 Å². The second-order valence-electron chi connectivity index (χ2n) is 3.32. The maximum absolute atomic E-state index is 11.0. The molecule has 0 radical (unpaired) electrons. The summed E-state index contributed by atoms with van der Waals surface area (Å²) in [4.78, 5) is 11.0. The van der Waals surface area contributed by atoms with Crippen molar-refractivity contribution in [2.24, 2.45) is 0 Å². The molecule has 0 aromatic carbocycles. The zero-order chi connectivity index (χ0) is 12.1. The highest BCUT2D eigenvalue weighted by molar-refractivity contribution is 5.75. The summed E-state index contributed by atoms with van der Waals surface area (Å²) < 4.78 is 15.3. The highest BCUT2D eigenvalue weighted by Crippen LogP contribution is 1.85. The fourth-order valence-corrected chi connectivity index (χ4v) is 1.04. The van der Waals surface area contributed by atoms with Crippen molar-refractivity contribution in [2.75, 3.05) is 46.7 Å². The van der Waals surface area contributed by atoms with Gasteiger partial charge in [0.25, 0.3) is 0 Å². The predicted molar refractivity (Wildman–Crippen MR) is 61.4 cm³/mol. The Hall–Kier alpha value is -0.650. The molecule has 1 amide bonds. The minimum atomic E-state index is 0.0856. The molecule has 0 bridgehead atoms. The first-order chi connectivity index (χ1) is 7.81. The van der Waals surface area contributed by atoms with Gasteiger partial charge in [-0.1, -0.05) is 6.92 Å². The summed E-state index contributed by atoms with van der Waals surface area (Å²) in [5, 5.41) is 2.77. The Morgan fingerprint density at radius 3 is 2.31 bits per heavy atom. The van der Waals surface area contributed by atoms with E-state index in [1.165, 1.54) is 0 Å². The number of methoxy groups -OCH3 is 1. The van der Waals surface area contributed by atoms with Gasteiger partial charge in [-0.3, -0.25) is 4.79 Å². The van der Waals surface area contributed by atoms with Gasteiger partial charge in [0.15, 0.2) is 0 Å². The van der Waals surface area contributed by atoms with Gasteiger partial charge in [-0.25, -0.2) is 0 Å². The van der Waals surface area contributed by atoms with E-state index in [0.29, 0.717) is 46.0 Å². The lowest BCUT2D eigenvalue weighted by atomic mass is 10.3. The summed E-state index contributed by atoms with van der Waals surface area (Å²) in [5.41, 5.74) is 0. The molecule has 0 aromatic heterocycles. The van der Waals surface area contributed by atoms with Crippen LogP contribution in [-0.4, -0.2) is 52.6 Å². The molecular weight excluding hydrogens is 210 g/mol. The molecule has 0 spiro atoms. The lowest BCUT2D eigenvalue weighted by Gasteiger charge is -2.06. The fraction of sp³-hybridized carbons (Fsp3) is 0.909. The lowest BCUT2D eigenvalue weighted by Crippen LogP contribution is -2.27. The van der Waals surface area contributed by atoms with E-state index in [1.807, 2.05) is 6.92 Å². The molecular formula is C11H23NO4. The van der Waals surface area contributed by atoms with Gasteiger partial charge in [0.05, 0.1) is 33.0 Å². The quantitative estimate of drug-likeness (QED) is 0.530. The number of hydrogen-bond acceptors (Lipinski definition) is 4. The van der Waals surface area contributed by atoms with E-state index in [9.17, 15) is 4.79 Å². The molecule has 0 saturated heterocycles. The van der Waals surface area contributed by atoms with E-state index in [4.69, 9.17) is 14.2 Å². The van der Waals surface area contributed by atoms with Crippen molar-refractivity contribution in [3.05, 3.63) is 0 Å². The monoisotopic (exact) mass is 233 g/mol. The van der Waals surface area contributed by atoms with E-state index in [0.717, 1.165) is 6.42 Å². The van der Waals surface area contributed by atoms with Gasteiger partial charge in [0.2, 0.25) is 5.91 Å². The zero-order valence-corrected chi connectivity index (χ0v) is 10.3. The predicted octanol–water partition coefficient (Wildman–Crippen LogP) is 0.582. The first-order valence-electron chi connectivity index (χ1n) is 5.72. The number of rotatable bonds is 11. The molecule has 0 aliphatic heterocycles. The molecule has 0 fully saturated rings. The molecule has 96 valence electrons. The third-order valence-corrected chi connectivity index (χ3v) is 1.85. The summed E-state index contributed by atoms with van der Waals surface area (Å²) in [7, 11) is 1.64. The zero-order valence-electron chi connectivity index (χ0n) is 10.3. The maximum atomic E-state index is 11.0. The van der Waals surface area contributed by atoms with Crippen molar-refractivity contribution in [1.29, 1.82) is 0 Å². The average Bonchev–Trinajstić information content (AvgIpc) is 2.27. The first kappa shape index (κ1) is 15.3. The van der Waals surface area contributed by atoms with Gasteiger partial charge in [0, 0.05) is 20.1 Å². The SMILES string of the molecule is CCCC(=O)NCCOCCOCCOC. The maximum Gasteiger partial charge on any atom is 0.220 e. The first-order valence-corrected chi connectivity index (χ1v) is 5.72. The Bertz CT molecular complexity index is 164. The summed E-state index contributed by atoms with van der Waals surface area (Å²) in [5.74, 6) is 0.0856. The van der Waals surface area contributed by atoms with E-state index < -0.39 is 0 Å². The smallest absolute Gasteiger partial charge is 0.220 e. The normalized spacial score (nSPS) is 10.4. The minimum absolute atomic E-state index is 0.0856. The lowest BCUT2D eigenvalue weighted by molar-refractivity contribution is -0.121. The number of nitrogens with one attached hydrogen (secondary N) is 1. The van der Waals surface area contributed by atoms with Crippen LogP contribution in [0.25, 0.3) is 0 Å². The van der Waals surface area contributed by atoms with Gasteiger partial charge < -0.3 is 19.5 Å². The molecule has 0 saturated carbocycles. The molecule has 0 aliphatic carbocycles. The van der Waals surface area contributed by atoms with Crippen molar-refractivity contribution < 1.29 is 19.0 Å². The third-order valence-electron chi connectivity index (χ3n) is 1.85. The number of hydrogen-bond donors (Lipinski definition) is 1. The van der Waals surface area contributed by atoms with Gasteiger partial charge >= 0.3 is 0 Å². The van der Waals surface area contributed by atoms with Crippen LogP contribution in [0.5, 0.6) is 0 Å². The second kappa shape index (κ2) is 12.4. The van der Waals surface area contributed by atoms with Crippen LogP contribution < -0.4 is 5.32 Å². The number of carbonyl (C=O) groups excluding carboxylic acids is 1. The van der Waals surface area contributed by atoms with Crippen molar-refractivity contribution in [1.82, 2.24) is 5.32 Å². The summed E-state index contributed by atoms with van der Waals surface area (Å²) in [6.07, 6.45) is 1.46. The number of amides is 1. The molecule has 1 N–H and O–H groups in total. The van der Waals surface area contributed by atoms with Crippen LogP contribution in [0.1, 0.15) is 19.8 Å². The van der Waals surface area contributed by atoms with Gasteiger partial charge in [0.1, 0.15) is 0 Å². The number of ether oxygens (including phenoxy) is 3. The van der Waals surface area contributed by atoms with Crippen LogP contribution in [0.2, 0.25) is 0 Å². The molecule has 0 aromatic rings. The molecule has 0 heterocycles. The Kier molecular flexibility index (Phi) is 11.9. The third kappa shape index (κ3) is 11.4. The standard InChI is InChI=1S/C11H23NO4/c1-3-4-11(13)12-5-6-15-9-10-16-8-7-14-2/h3-10H2,1-2H3,(H,12,13). The topological polar surface area (TPSA) is 56.8 Å². The average molecular weight is 233 g/mol. The van der Waals surface area contributed by atoms with E-state index in [-0.39, 0.29) is 5.91 Å². The van der Waals surface area contributed by atoms with Crippen molar-refractivity contribution >= 4 is 5.91 Å². The summed E-state index contributed by atoms with van der Waals surface area (Å²) in [6.45, 7) is 5.38. The Morgan fingerprint density at radius 2 is 1.69 bits per heavy atom. The molecule has 0 atom stereocenters. The van der Waals surface area contributed by atoms with Crippen LogP contribution in [0.3, 0.4) is 0 Å². The van der Waals surface area contributed by atoms with Gasteiger partial charge in [-0.15, -0.1) is 0 Å². The molecule has 0 rings (SSSR count). The minimum Gasteiger partial charge on any atom is -0.382 e. The van der Waals surface area contributed by atoms with Crippen LogP contribution in [0.4, 0.5) is 0 Å². The second-order valence-corrected chi connectivity index (χ2v) is 3.32. The van der Waals surface area contributed by atoms with Crippen LogP contribution in [0, 0.1) is 0 Å². The van der Waals surface area contributed by atoms with E-state index >= 15 is 0 Å². The van der Waals surface area contributed by atoms with Crippen molar-refractivity contribution in [2.45, 2.75) is 19.8 Å². The molecule has 0 aliphatic rings. The van der Waals surface area contributed by atoms with E-state index in [1.54, 1.807) is 7.11 Å².